The number of para-hydroxylation sites is 2. The first-order valence-corrected chi connectivity index (χ1v) is 18.3. The van der Waals surface area contributed by atoms with Gasteiger partial charge in [0, 0.05) is 33.2 Å². The molecule has 2 heteroatoms. The lowest BCUT2D eigenvalue weighted by molar-refractivity contribution is 0.660. The molecule has 0 unspecified atom stereocenters. The average Bonchev–Trinajstić information content (AvgIpc) is 3.70. The Morgan fingerprint density at radius 3 is 1.66 bits per heavy atom. The summed E-state index contributed by atoms with van der Waals surface area (Å²) < 4.78 is 6.09. The van der Waals surface area contributed by atoms with Gasteiger partial charge in [0.05, 0.1) is 0 Å². The molecule has 2 nitrogen and oxygen atoms in total. The minimum atomic E-state index is -0.141. The summed E-state index contributed by atoms with van der Waals surface area (Å²) in [4.78, 5) is 2.37. The van der Waals surface area contributed by atoms with E-state index >= 15 is 0 Å². The third kappa shape index (κ3) is 5.26. The number of anilines is 3. The minimum absolute atomic E-state index is 0.141. The van der Waals surface area contributed by atoms with Crippen molar-refractivity contribution in [3.8, 4) is 44.5 Å². The Labute approximate surface area is 310 Å². The van der Waals surface area contributed by atoms with E-state index in [2.05, 4.69) is 195 Å². The predicted octanol–water partition coefficient (Wildman–Crippen LogP) is 14.4. The van der Waals surface area contributed by atoms with Crippen LogP contribution in [0.15, 0.2) is 192 Å². The summed E-state index contributed by atoms with van der Waals surface area (Å²) in [6.07, 6.45) is 0. The summed E-state index contributed by atoms with van der Waals surface area (Å²) in [5.41, 5.74) is 17.7. The maximum Gasteiger partial charge on any atom is 0.135 e. The topological polar surface area (TPSA) is 16.4 Å². The molecule has 0 amide bonds. The van der Waals surface area contributed by atoms with Gasteiger partial charge in [-0.15, -0.1) is 0 Å². The fourth-order valence-corrected chi connectivity index (χ4v) is 8.29. The zero-order valence-corrected chi connectivity index (χ0v) is 29.8. The van der Waals surface area contributed by atoms with Crippen molar-refractivity contribution < 1.29 is 4.42 Å². The Morgan fingerprint density at radius 1 is 0.358 bits per heavy atom. The summed E-state index contributed by atoms with van der Waals surface area (Å²) in [6.45, 7) is 4.73. The molecule has 9 aromatic rings. The van der Waals surface area contributed by atoms with Crippen molar-refractivity contribution in [2.24, 2.45) is 0 Å². The first-order chi connectivity index (χ1) is 26.0. The molecule has 0 saturated carbocycles. The lowest BCUT2D eigenvalue weighted by Crippen LogP contribution is -2.16. The van der Waals surface area contributed by atoms with E-state index in [-0.39, 0.29) is 5.41 Å². The molecular weight excluding hydrogens is 643 g/mol. The van der Waals surface area contributed by atoms with Crippen LogP contribution in [0.5, 0.6) is 0 Å². The highest BCUT2D eigenvalue weighted by Crippen LogP contribution is 2.51. The van der Waals surface area contributed by atoms with Gasteiger partial charge in [-0.05, 0) is 122 Å². The Morgan fingerprint density at radius 2 is 0.868 bits per heavy atom. The van der Waals surface area contributed by atoms with E-state index in [1.54, 1.807) is 0 Å². The molecule has 1 aromatic heterocycles. The van der Waals surface area contributed by atoms with Crippen molar-refractivity contribution in [1.82, 2.24) is 0 Å². The number of nitrogens with zero attached hydrogens (tertiary/aromatic N) is 1. The van der Waals surface area contributed by atoms with Gasteiger partial charge in [0.2, 0.25) is 0 Å². The summed E-state index contributed by atoms with van der Waals surface area (Å²) in [5, 5.41) is 2.29. The number of fused-ring (bicyclic) bond motifs is 6. The van der Waals surface area contributed by atoms with Crippen molar-refractivity contribution >= 4 is 39.0 Å². The Bertz CT molecular complexity index is 2790. The molecule has 0 N–H and O–H groups in total. The number of hydrogen-bond donors (Lipinski definition) is 0. The third-order valence-corrected chi connectivity index (χ3v) is 11.1. The van der Waals surface area contributed by atoms with Gasteiger partial charge >= 0.3 is 0 Å². The van der Waals surface area contributed by atoms with E-state index in [1.165, 1.54) is 55.6 Å². The second kappa shape index (κ2) is 12.3. The van der Waals surface area contributed by atoms with Gasteiger partial charge in [0.1, 0.15) is 11.2 Å². The molecule has 0 saturated heterocycles. The Kier molecular flexibility index (Phi) is 7.19. The van der Waals surface area contributed by atoms with Crippen LogP contribution in [0.25, 0.3) is 66.4 Å². The van der Waals surface area contributed by atoms with Gasteiger partial charge in [-0.25, -0.2) is 0 Å². The standard InChI is InChI=1S/C51H37NO/c1-51(2)47-32-39(34-12-5-3-6-13-34)22-27-43(47)44-28-26-42(33-48(44)51)52(40-16-7-4-8-17-40)41-24-20-35(21-25-41)36-14-11-15-37(30-36)38-23-29-50-46(31-38)45-18-9-10-19-49(45)53-50/h3-33H,1-2H3. The lowest BCUT2D eigenvalue weighted by Gasteiger charge is -2.28. The molecule has 8 aromatic carbocycles. The number of hydrogen-bond acceptors (Lipinski definition) is 2. The molecular formula is C51H37NO. The van der Waals surface area contributed by atoms with Crippen LogP contribution >= 0.6 is 0 Å². The van der Waals surface area contributed by atoms with Gasteiger partial charge in [-0.3, -0.25) is 0 Å². The lowest BCUT2D eigenvalue weighted by atomic mass is 9.81. The van der Waals surface area contributed by atoms with Crippen LogP contribution in [0, 0.1) is 0 Å². The quantitative estimate of drug-likeness (QED) is 0.174. The first kappa shape index (κ1) is 31.1. The summed E-state index contributed by atoms with van der Waals surface area (Å²) in [6, 6.07) is 67.9. The van der Waals surface area contributed by atoms with E-state index in [0.29, 0.717) is 0 Å². The third-order valence-electron chi connectivity index (χ3n) is 11.1. The van der Waals surface area contributed by atoms with Crippen LogP contribution < -0.4 is 4.90 Å². The van der Waals surface area contributed by atoms with Gasteiger partial charge in [0.25, 0.3) is 0 Å². The van der Waals surface area contributed by atoms with Crippen LogP contribution in [-0.2, 0) is 5.41 Å². The normalized spacial score (nSPS) is 12.9. The zero-order chi connectivity index (χ0) is 35.5. The van der Waals surface area contributed by atoms with Crippen molar-refractivity contribution in [3.05, 3.63) is 199 Å². The molecule has 1 aliphatic carbocycles. The van der Waals surface area contributed by atoms with Crippen LogP contribution in [-0.4, -0.2) is 0 Å². The SMILES string of the molecule is CC1(C)c2cc(-c3ccccc3)ccc2-c2ccc(N(c3ccccc3)c3ccc(-c4cccc(-c5ccc6oc7ccccc7c6c5)c4)cc3)cc21. The van der Waals surface area contributed by atoms with Crippen LogP contribution in [0.2, 0.25) is 0 Å². The van der Waals surface area contributed by atoms with Gasteiger partial charge in [-0.1, -0.05) is 135 Å². The fraction of sp³-hybridized carbons (Fsp3) is 0.0588. The van der Waals surface area contributed by atoms with Crippen molar-refractivity contribution in [2.75, 3.05) is 4.90 Å². The van der Waals surface area contributed by atoms with E-state index in [9.17, 15) is 0 Å². The predicted molar refractivity (Wildman–Crippen MR) is 222 cm³/mol. The maximum absolute atomic E-state index is 6.09. The second-order valence-corrected chi connectivity index (χ2v) is 14.6. The van der Waals surface area contributed by atoms with Gasteiger partial charge < -0.3 is 9.32 Å². The smallest absolute Gasteiger partial charge is 0.135 e. The van der Waals surface area contributed by atoms with Gasteiger partial charge in [-0.2, -0.15) is 0 Å². The molecule has 10 rings (SSSR count). The van der Waals surface area contributed by atoms with E-state index < -0.39 is 0 Å². The van der Waals surface area contributed by atoms with E-state index in [1.807, 2.05) is 12.1 Å². The van der Waals surface area contributed by atoms with Crippen LogP contribution in [0.1, 0.15) is 25.0 Å². The van der Waals surface area contributed by atoms with Crippen molar-refractivity contribution in [1.29, 1.82) is 0 Å². The van der Waals surface area contributed by atoms with E-state index in [0.717, 1.165) is 39.0 Å². The van der Waals surface area contributed by atoms with Crippen LogP contribution in [0.4, 0.5) is 17.1 Å². The van der Waals surface area contributed by atoms with Crippen LogP contribution in [0.3, 0.4) is 0 Å². The van der Waals surface area contributed by atoms with Gasteiger partial charge in [0.15, 0.2) is 0 Å². The molecule has 1 aliphatic rings. The first-order valence-electron chi connectivity index (χ1n) is 18.3. The molecule has 0 bridgehead atoms. The number of furan rings is 1. The molecule has 0 atom stereocenters. The Balaban J connectivity index is 0.998. The summed E-state index contributed by atoms with van der Waals surface area (Å²) in [5.74, 6) is 0. The molecule has 0 radical (unpaired) electrons. The van der Waals surface area contributed by atoms with Crippen molar-refractivity contribution in [2.45, 2.75) is 19.3 Å². The highest BCUT2D eigenvalue weighted by Gasteiger charge is 2.36. The van der Waals surface area contributed by atoms with E-state index in [4.69, 9.17) is 4.42 Å². The minimum Gasteiger partial charge on any atom is -0.456 e. The maximum atomic E-state index is 6.09. The Hall–Kier alpha value is -6.64. The number of benzene rings is 8. The largest absolute Gasteiger partial charge is 0.456 e. The molecule has 252 valence electrons. The second-order valence-electron chi connectivity index (χ2n) is 14.6. The molecule has 0 aliphatic heterocycles. The number of rotatable bonds is 6. The zero-order valence-electron chi connectivity index (χ0n) is 29.8. The highest BCUT2D eigenvalue weighted by atomic mass is 16.3. The molecule has 1 heterocycles. The summed E-state index contributed by atoms with van der Waals surface area (Å²) >= 11 is 0. The highest BCUT2D eigenvalue weighted by molar-refractivity contribution is 6.06. The molecule has 53 heavy (non-hydrogen) atoms. The average molecular weight is 680 g/mol. The monoisotopic (exact) mass is 679 g/mol. The van der Waals surface area contributed by atoms with Crippen molar-refractivity contribution in [3.63, 3.8) is 0 Å². The molecule has 0 fully saturated rings. The molecule has 0 spiro atoms. The fourth-order valence-electron chi connectivity index (χ4n) is 8.29. The summed E-state index contributed by atoms with van der Waals surface area (Å²) in [7, 11) is 0.